The summed E-state index contributed by atoms with van der Waals surface area (Å²) in [6.07, 6.45) is 3.30. The van der Waals surface area contributed by atoms with Crippen molar-refractivity contribution < 1.29 is 13.0 Å². The number of hydrogen-bond acceptors (Lipinski definition) is 3. The topological polar surface area (TPSA) is 49.4 Å². The van der Waals surface area contributed by atoms with Gasteiger partial charge in [-0.25, -0.2) is 4.57 Å². The zero-order valence-electron chi connectivity index (χ0n) is 17.0. The molecule has 0 aliphatic carbocycles. The molecule has 1 saturated heterocycles. The number of piperazine rings is 1. The first-order chi connectivity index (χ1) is 14.7. The van der Waals surface area contributed by atoms with Crippen LogP contribution in [-0.2, 0) is 17.3 Å². The molecule has 1 unspecified atom stereocenters. The molecule has 1 aliphatic rings. The van der Waals surface area contributed by atoms with Gasteiger partial charge < -0.3 is 4.90 Å². The fourth-order valence-corrected chi connectivity index (χ4v) is 6.04. The number of rotatable bonds is 4. The van der Waals surface area contributed by atoms with E-state index in [4.69, 9.17) is 34.8 Å². The van der Waals surface area contributed by atoms with Gasteiger partial charge in [-0.05, 0) is 35.9 Å². The summed E-state index contributed by atoms with van der Waals surface area (Å²) >= 11 is 18.7. The van der Waals surface area contributed by atoms with E-state index in [1.54, 1.807) is 36.0 Å². The van der Waals surface area contributed by atoms with Crippen LogP contribution < -0.4 is 9.47 Å². The Bertz CT molecular complexity index is 1210. The molecule has 0 N–H and O–H groups in total. The van der Waals surface area contributed by atoms with Crippen molar-refractivity contribution in [2.45, 2.75) is 13.0 Å². The fraction of sp³-hybridized carbons (Fsp3) is 0.286. The number of aryl methyl sites for hydroxylation is 1. The smallest absolute Gasteiger partial charge is 0.361 e. The molecule has 0 radical (unpaired) electrons. The third-order valence-corrected chi connectivity index (χ3v) is 8.30. The zero-order chi connectivity index (χ0) is 22.3. The Hall–Kier alpha value is -1.77. The highest BCUT2D eigenvalue weighted by Gasteiger charge is 2.39. The number of halogens is 3. The number of anilines is 1. The molecule has 3 aromatic rings. The van der Waals surface area contributed by atoms with Crippen molar-refractivity contribution in [1.29, 1.82) is 0 Å². The molecule has 4 rings (SSSR count). The third kappa shape index (κ3) is 4.30. The standard InChI is InChI=1S/C21H22Cl3N4O2S/c1-15-25(2)9-12-28(15)31(29,30)26-10-11-27(20-8-7-18(23)13-19(20)24)21(14-26)16-3-5-17(22)6-4-16/h3-9,12-13,21H,10-11,14H2,1-2H3/q+1. The average Bonchev–Trinajstić information content (AvgIpc) is 3.07. The molecular weight excluding hydrogens is 479 g/mol. The van der Waals surface area contributed by atoms with Gasteiger partial charge in [0.05, 0.1) is 23.8 Å². The van der Waals surface area contributed by atoms with E-state index < -0.39 is 10.2 Å². The molecule has 1 aliphatic heterocycles. The van der Waals surface area contributed by atoms with Crippen molar-refractivity contribution in [2.24, 2.45) is 7.05 Å². The molecule has 164 valence electrons. The maximum Gasteiger partial charge on any atom is 0.380 e. The van der Waals surface area contributed by atoms with Crippen LogP contribution in [-0.4, -0.2) is 36.3 Å². The van der Waals surface area contributed by atoms with Crippen LogP contribution in [0, 0.1) is 6.92 Å². The first-order valence-corrected chi connectivity index (χ1v) is 12.2. The minimum atomic E-state index is -3.72. The van der Waals surface area contributed by atoms with E-state index in [2.05, 4.69) is 4.90 Å². The van der Waals surface area contributed by atoms with Crippen LogP contribution in [0.2, 0.25) is 15.1 Å². The van der Waals surface area contributed by atoms with Crippen molar-refractivity contribution >= 4 is 50.7 Å². The largest absolute Gasteiger partial charge is 0.380 e. The summed E-state index contributed by atoms with van der Waals surface area (Å²) in [5.74, 6) is 0.631. The van der Waals surface area contributed by atoms with Crippen molar-refractivity contribution in [2.75, 3.05) is 24.5 Å². The lowest BCUT2D eigenvalue weighted by Crippen LogP contribution is -2.52. The van der Waals surface area contributed by atoms with E-state index in [1.807, 2.05) is 37.4 Å². The molecule has 0 spiro atoms. The SMILES string of the molecule is Cc1n(S(=O)(=O)N2CCN(c3ccc(Cl)cc3Cl)C(c3ccc(Cl)cc3)C2)cc[n+]1C. The van der Waals surface area contributed by atoms with Gasteiger partial charge in [-0.2, -0.15) is 12.7 Å². The molecule has 0 saturated carbocycles. The Labute approximate surface area is 197 Å². The van der Waals surface area contributed by atoms with Gasteiger partial charge in [-0.1, -0.05) is 46.9 Å². The number of aromatic nitrogens is 2. The highest BCUT2D eigenvalue weighted by Crippen LogP contribution is 2.37. The van der Waals surface area contributed by atoms with Gasteiger partial charge in [-0.15, -0.1) is 3.97 Å². The maximum atomic E-state index is 13.4. The van der Waals surface area contributed by atoms with Crippen molar-refractivity contribution in [3.05, 3.63) is 81.3 Å². The predicted octanol–water partition coefficient (Wildman–Crippen LogP) is 4.24. The summed E-state index contributed by atoms with van der Waals surface area (Å²) in [7, 11) is -1.90. The minimum Gasteiger partial charge on any atom is -0.361 e. The summed E-state index contributed by atoms with van der Waals surface area (Å²) in [5.41, 5.74) is 1.76. The Morgan fingerprint density at radius 1 is 1.00 bits per heavy atom. The van der Waals surface area contributed by atoms with E-state index in [-0.39, 0.29) is 12.6 Å². The van der Waals surface area contributed by atoms with Gasteiger partial charge >= 0.3 is 10.2 Å². The van der Waals surface area contributed by atoms with Crippen molar-refractivity contribution in [3.8, 4) is 0 Å². The first-order valence-electron chi connectivity index (χ1n) is 9.70. The fourth-order valence-electron chi connectivity index (χ4n) is 3.84. The third-order valence-electron chi connectivity index (χ3n) is 5.65. The van der Waals surface area contributed by atoms with Crippen LogP contribution in [0.4, 0.5) is 5.69 Å². The molecule has 0 amide bonds. The van der Waals surface area contributed by atoms with Crippen LogP contribution >= 0.6 is 34.8 Å². The summed E-state index contributed by atoms with van der Waals surface area (Å²) in [4.78, 5) is 2.12. The summed E-state index contributed by atoms with van der Waals surface area (Å²) in [6, 6.07) is 12.6. The van der Waals surface area contributed by atoms with E-state index in [0.29, 0.717) is 34.0 Å². The maximum absolute atomic E-state index is 13.4. The zero-order valence-corrected chi connectivity index (χ0v) is 20.1. The van der Waals surface area contributed by atoms with Crippen LogP contribution in [0.5, 0.6) is 0 Å². The van der Waals surface area contributed by atoms with Crippen LogP contribution in [0.15, 0.2) is 54.9 Å². The minimum absolute atomic E-state index is 0.246. The van der Waals surface area contributed by atoms with Crippen LogP contribution in [0.1, 0.15) is 17.4 Å². The normalized spacial score (nSPS) is 17.8. The van der Waals surface area contributed by atoms with E-state index in [9.17, 15) is 8.42 Å². The van der Waals surface area contributed by atoms with Gasteiger partial charge in [0.25, 0.3) is 5.82 Å². The van der Waals surface area contributed by atoms with Gasteiger partial charge in [0, 0.05) is 36.6 Å². The van der Waals surface area contributed by atoms with Crippen LogP contribution in [0.3, 0.4) is 0 Å². The Kier molecular flexibility index (Phi) is 6.25. The molecule has 10 heteroatoms. The van der Waals surface area contributed by atoms with E-state index in [0.717, 1.165) is 11.3 Å². The number of hydrogen-bond donors (Lipinski definition) is 0. The number of nitrogens with zero attached hydrogens (tertiary/aromatic N) is 4. The Morgan fingerprint density at radius 3 is 2.29 bits per heavy atom. The average molecular weight is 501 g/mol. The summed E-state index contributed by atoms with van der Waals surface area (Å²) in [6.45, 7) is 2.84. The molecule has 6 nitrogen and oxygen atoms in total. The lowest BCUT2D eigenvalue weighted by atomic mass is 10.0. The predicted molar refractivity (Wildman–Crippen MR) is 124 cm³/mol. The monoisotopic (exact) mass is 499 g/mol. The van der Waals surface area contributed by atoms with E-state index in [1.165, 1.54) is 8.28 Å². The molecule has 31 heavy (non-hydrogen) atoms. The van der Waals surface area contributed by atoms with Gasteiger partial charge in [0.15, 0.2) is 0 Å². The second kappa shape index (κ2) is 8.64. The first kappa shape index (κ1) is 22.4. The molecule has 2 heterocycles. The summed E-state index contributed by atoms with van der Waals surface area (Å²) < 4.78 is 31.4. The summed E-state index contributed by atoms with van der Waals surface area (Å²) in [5, 5.41) is 1.69. The van der Waals surface area contributed by atoms with E-state index >= 15 is 0 Å². The molecular formula is C21H22Cl3N4O2S+. The Morgan fingerprint density at radius 2 is 1.68 bits per heavy atom. The van der Waals surface area contributed by atoms with Crippen molar-refractivity contribution in [1.82, 2.24) is 8.28 Å². The lowest BCUT2D eigenvalue weighted by Gasteiger charge is -2.42. The highest BCUT2D eigenvalue weighted by atomic mass is 35.5. The second-order valence-corrected chi connectivity index (χ2v) is 10.6. The lowest BCUT2D eigenvalue weighted by molar-refractivity contribution is -0.676. The number of imidazole rings is 1. The molecule has 2 aromatic carbocycles. The number of benzene rings is 2. The van der Waals surface area contributed by atoms with Crippen molar-refractivity contribution in [3.63, 3.8) is 0 Å². The quantitative estimate of drug-likeness (QED) is 0.504. The van der Waals surface area contributed by atoms with Gasteiger partial charge in [0.2, 0.25) is 0 Å². The van der Waals surface area contributed by atoms with Gasteiger partial charge in [-0.3, -0.25) is 0 Å². The molecule has 1 fully saturated rings. The molecule has 0 bridgehead atoms. The molecule has 1 aromatic heterocycles. The van der Waals surface area contributed by atoms with Gasteiger partial charge in [0.1, 0.15) is 12.4 Å². The second-order valence-electron chi connectivity index (χ2n) is 7.47. The highest BCUT2D eigenvalue weighted by molar-refractivity contribution is 7.87. The Balaban J connectivity index is 1.74. The molecule has 1 atom stereocenters. The van der Waals surface area contributed by atoms with Crippen LogP contribution in [0.25, 0.3) is 0 Å².